The van der Waals surface area contributed by atoms with Crippen molar-refractivity contribution in [2.75, 3.05) is 38.0 Å². The number of amides is 2. The number of piperazine rings is 1. The molecule has 1 saturated carbocycles. The number of carbonyl (C=O) groups is 2. The molecule has 4 rings (SSSR count). The maximum absolute atomic E-state index is 13.0. The van der Waals surface area contributed by atoms with E-state index in [-0.39, 0.29) is 29.3 Å². The zero-order chi connectivity index (χ0) is 23.4. The van der Waals surface area contributed by atoms with E-state index >= 15 is 0 Å². The first kappa shape index (κ1) is 23.4. The van der Waals surface area contributed by atoms with Crippen LogP contribution in [-0.2, 0) is 14.8 Å². The summed E-state index contributed by atoms with van der Waals surface area (Å²) in [4.78, 5) is 28.9. The number of nitrogens with zero attached hydrogens (tertiary/aromatic N) is 3. The second kappa shape index (κ2) is 10.0. The van der Waals surface area contributed by atoms with Crippen LogP contribution >= 0.6 is 0 Å². The maximum Gasteiger partial charge on any atom is 0.253 e. The van der Waals surface area contributed by atoms with Gasteiger partial charge in [0.05, 0.1) is 11.4 Å². The first-order valence-corrected chi connectivity index (χ1v) is 12.7. The van der Waals surface area contributed by atoms with Gasteiger partial charge in [0.2, 0.25) is 15.9 Å². The van der Waals surface area contributed by atoms with Gasteiger partial charge >= 0.3 is 0 Å². The number of carbonyl (C=O) groups excluding carboxylic acids is 2. The number of benzene rings is 1. The van der Waals surface area contributed by atoms with E-state index in [2.05, 4.69) is 15.2 Å². The number of rotatable bonds is 7. The maximum atomic E-state index is 13.0. The molecule has 178 valence electrons. The van der Waals surface area contributed by atoms with Crippen molar-refractivity contribution in [3.8, 4) is 0 Å². The lowest BCUT2D eigenvalue weighted by molar-refractivity contribution is -0.117. The molecule has 2 heterocycles. The third-order valence-corrected chi connectivity index (χ3v) is 7.51. The largest absolute Gasteiger partial charge is 0.360 e. The smallest absolute Gasteiger partial charge is 0.253 e. The molecule has 2 amide bonds. The predicted molar refractivity (Wildman–Crippen MR) is 121 cm³/mol. The lowest BCUT2D eigenvalue weighted by Crippen LogP contribution is -2.50. The Morgan fingerprint density at radius 1 is 1.12 bits per heavy atom. The van der Waals surface area contributed by atoms with Crippen molar-refractivity contribution in [1.82, 2.24) is 19.7 Å². The first-order chi connectivity index (χ1) is 15.8. The molecule has 10 nitrogen and oxygen atoms in total. The van der Waals surface area contributed by atoms with E-state index in [1.807, 2.05) is 4.90 Å². The Morgan fingerprint density at radius 3 is 2.52 bits per heavy atom. The van der Waals surface area contributed by atoms with Crippen molar-refractivity contribution in [1.29, 1.82) is 0 Å². The normalized spacial score (nSPS) is 17.9. The molecule has 2 aromatic rings. The molecule has 0 unspecified atom stereocenters. The van der Waals surface area contributed by atoms with Gasteiger partial charge in [0.1, 0.15) is 5.76 Å². The van der Waals surface area contributed by atoms with Crippen molar-refractivity contribution in [2.24, 2.45) is 0 Å². The van der Waals surface area contributed by atoms with Crippen LogP contribution in [0.3, 0.4) is 0 Å². The number of nitrogens with one attached hydrogen (secondary N) is 2. The second-order valence-electron chi connectivity index (χ2n) is 8.57. The number of sulfonamides is 1. The Balaban J connectivity index is 1.31. The zero-order valence-corrected chi connectivity index (χ0v) is 19.4. The molecule has 2 fully saturated rings. The summed E-state index contributed by atoms with van der Waals surface area (Å²) < 4.78 is 33.1. The summed E-state index contributed by atoms with van der Waals surface area (Å²) in [5, 5.41) is 6.43. The molecule has 2 N–H and O–H groups in total. The molecule has 0 spiro atoms. The summed E-state index contributed by atoms with van der Waals surface area (Å²) in [6.07, 6.45) is 3.75. The molecule has 33 heavy (non-hydrogen) atoms. The van der Waals surface area contributed by atoms with Crippen molar-refractivity contribution in [3.05, 3.63) is 41.7 Å². The van der Waals surface area contributed by atoms with Crippen molar-refractivity contribution in [2.45, 2.75) is 43.5 Å². The van der Waals surface area contributed by atoms with Crippen LogP contribution in [-0.4, -0.2) is 74.0 Å². The Labute approximate surface area is 193 Å². The van der Waals surface area contributed by atoms with Gasteiger partial charge in [-0.15, -0.1) is 0 Å². The summed E-state index contributed by atoms with van der Waals surface area (Å²) in [5.74, 6) is 0.581. The number of hydrogen-bond acceptors (Lipinski definition) is 7. The van der Waals surface area contributed by atoms with E-state index in [4.69, 9.17) is 4.52 Å². The lowest BCUT2D eigenvalue weighted by Gasteiger charge is -2.34. The molecule has 1 aromatic heterocycles. The molecule has 2 aliphatic rings. The third kappa shape index (κ3) is 5.98. The van der Waals surface area contributed by atoms with Crippen LogP contribution in [0.15, 0.2) is 39.8 Å². The van der Waals surface area contributed by atoms with E-state index in [1.165, 1.54) is 12.1 Å². The molecular weight excluding hydrogens is 446 g/mol. The first-order valence-electron chi connectivity index (χ1n) is 11.2. The predicted octanol–water partition coefficient (Wildman–Crippen LogP) is 1.60. The van der Waals surface area contributed by atoms with E-state index < -0.39 is 10.0 Å². The zero-order valence-electron chi connectivity index (χ0n) is 18.6. The topological polar surface area (TPSA) is 125 Å². The molecule has 0 radical (unpaired) electrons. The summed E-state index contributed by atoms with van der Waals surface area (Å²) >= 11 is 0. The fraction of sp³-hybridized carbons (Fsp3) is 0.500. The number of hydrogen-bond donors (Lipinski definition) is 2. The fourth-order valence-corrected chi connectivity index (χ4v) is 5.58. The fourth-order valence-electron chi connectivity index (χ4n) is 4.23. The van der Waals surface area contributed by atoms with E-state index in [9.17, 15) is 18.0 Å². The van der Waals surface area contributed by atoms with Gasteiger partial charge in [-0.1, -0.05) is 24.1 Å². The average Bonchev–Trinajstić information content (AvgIpc) is 3.45. The highest BCUT2D eigenvalue weighted by Crippen LogP contribution is 2.21. The molecule has 11 heteroatoms. The van der Waals surface area contributed by atoms with Gasteiger partial charge in [0.25, 0.3) is 5.91 Å². The summed E-state index contributed by atoms with van der Waals surface area (Å²) in [5.41, 5.74) is 0.344. The minimum Gasteiger partial charge on any atom is -0.360 e. The van der Waals surface area contributed by atoms with Crippen LogP contribution < -0.4 is 10.0 Å². The van der Waals surface area contributed by atoms with E-state index in [1.54, 1.807) is 30.0 Å². The molecule has 1 aliphatic heterocycles. The number of aromatic nitrogens is 1. The van der Waals surface area contributed by atoms with Gasteiger partial charge in [-0.05, 0) is 38.0 Å². The van der Waals surface area contributed by atoms with Crippen molar-refractivity contribution < 1.29 is 22.5 Å². The molecular formula is C22H29N5O5S. The Bertz CT molecular complexity index is 1100. The third-order valence-electron chi connectivity index (χ3n) is 5.99. The van der Waals surface area contributed by atoms with Gasteiger partial charge in [-0.25, -0.2) is 13.1 Å². The standard InChI is InChI=1S/C22H29N5O5S/c1-16-13-20(24-32-16)23-21(28)15-26-9-11-27(12-10-26)22(29)17-5-4-8-19(14-17)33(30,31)25-18-6-2-3-7-18/h4-5,8,13-14,18,25H,2-3,6-7,9-12,15H2,1H3,(H,23,24,28). The highest BCUT2D eigenvalue weighted by Gasteiger charge is 2.26. The van der Waals surface area contributed by atoms with E-state index in [0.29, 0.717) is 43.3 Å². The van der Waals surface area contributed by atoms with Crippen LogP contribution in [0.4, 0.5) is 5.82 Å². The molecule has 1 aliphatic carbocycles. The van der Waals surface area contributed by atoms with E-state index in [0.717, 1.165) is 25.7 Å². The highest BCUT2D eigenvalue weighted by molar-refractivity contribution is 7.89. The summed E-state index contributed by atoms with van der Waals surface area (Å²) in [7, 11) is -3.66. The molecule has 1 saturated heterocycles. The minimum atomic E-state index is -3.66. The Morgan fingerprint density at radius 2 is 1.85 bits per heavy atom. The molecule has 0 bridgehead atoms. The van der Waals surface area contributed by atoms with Crippen LogP contribution in [0.25, 0.3) is 0 Å². The van der Waals surface area contributed by atoms with Gasteiger partial charge in [-0.3, -0.25) is 14.5 Å². The van der Waals surface area contributed by atoms with Crippen molar-refractivity contribution in [3.63, 3.8) is 0 Å². The summed E-state index contributed by atoms with van der Waals surface area (Å²) in [6, 6.07) is 7.80. The van der Waals surface area contributed by atoms with Crippen molar-refractivity contribution >= 4 is 27.7 Å². The second-order valence-corrected chi connectivity index (χ2v) is 10.3. The van der Waals surface area contributed by atoms with Gasteiger partial charge in [0, 0.05) is 43.9 Å². The number of anilines is 1. The van der Waals surface area contributed by atoms with Gasteiger partial charge < -0.3 is 14.7 Å². The van der Waals surface area contributed by atoms with Crippen LogP contribution in [0, 0.1) is 6.92 Å². The number of aryl methyl sites for hydroxylation is 1. The average molecular weight is 476 g/mol. The van der Waals surface area contributed by atoms with Crippen LogP contribution in [0.1, 0.15) is 41.8 Å². The van der Waals surface area contributed by atoms with Crippen LogP contribution in [0.2, 0.25) is 0 Å². The lowest BCUT2D eigenvalue weighted by atomic mass is 10.2. The summed E-state index contributed by atoms with van der Waals surface area (Å²) in [6.45, 7) is 3.92. The SMILES string of the molecule is Cc1cc(NC(=O)CN2CCN(C(=O)c3cccc(S(=O)(=O)NC4CCCC4)c3)CC2)no1. The quantitative estimate of drug-likeness (QED) is 0.623. The van der Waals surface area contributed by atoms with Gasteiger partial charge in [-0.2, -0.15) is 0 Å². The highest BCUT2D eigenvalue weighted by atomic mass is 32.2. The van der Waals surface area contributed by atoms with Crippen LogP contribution in [0.5, 0.6) is 0 Å². The Hall–Kier alpha value is -2.76. The molecule has 1 aromatic carbocycles. The molecule has 0 atom stereocenters. The monoisotopic (exact) mass is 475 g/mol. The Kier molecular flexibility index (Phi) is 7.11. The minimum absolute atomic E-state index is 0.0343. The van der Waals surface area contributed by atoms with Gasteiger partial charge in [0.15, 0.2) is 5.82 Å².